The molecule has 14 heteroatoms. The van der Waals surface area contributed by atoms with E-state index in [1.807, 2.05) is 0 Å². The number of aliphatic hydroxyl groups excluding tert-OH is 2. The molecule has 4 atom stereocenters. The Hall–Kier alpha value is -4.53. The molecule has 0 aliphatic carbocycles. The lowest BCUT2D eigenvalue weighted by molar-refractivity contribution is -0.145. The second-order valence-electron chi connectivity index (χ2n) is 9.40. The lowest BCUT2D eigenvalue weighted by Crippen LogP contribution is -2.57. The number of carboxylic acids is 1. The van der Waals surface area contributed by atoms with Crippen molar-refractivity contribution in [3.05, 3.63) is 65.7 Å². The van der Waals surface area contributed by atoms with Gasteiger partial charge in [0, 0.05) is 13.5 Å². The molecule has 0 aliphatic heterocycles. The Kier molecular flexibility index (Phi) is 12.7. The summed E-state index contributed by atoms with van der Waals surface area (Å²) in [4.78, 5) is 63.9. The minimum absolute atomic E-state index is 0.000981. The summed E-state index contributed by atoms with van der Waals surface area (Å²) in [5.41, 5.74) is 1.30. The van der Waals surface area contributed by atoms with Crippen LogP contribution < -0.4 is 21.3 Å². The summed E-state index contributed by atoms with van der Waals surface area (Å²) >= 11 is 0. The molecule has 0 unspecified atom stereocenters. The molecular weight excluding hydrogens is 550 g/mol. The predicted molar refractivity (Wildman–Crippen MR) is 150 cm³/mol. The third kappa shape index (κ3) is 10.1. The number of nitrogens with zero attached hydrogens (tertiary/aromatic N) is 1. The Morgan fingerprint density at radius 3 is 1.93 bits per heavy atom. The molecule has 0 aromatic heterocycles. The average Bonchev–Trinajstić information content (AvgIpc) is 2.99. The quantitative estimate of drug-likeness (QED) is 0.105. The van der Waals surface area contributed by atoms with Crippen LogP contribution in [-0.4, -0.2) is 113 Å². The zero-order valence-corrected chi connectivity index (χ0v) is 23.3. The summed E-state index contributed by atoms with van der Waals surface area (Å²) in [6, 6.07) is 9.31. The van der Waals surface area contributed by atoms with E-state index < -0.39 is 73.5 Å². The number of phenolic OH excluding ortho intramolecular Hbond substituents is 1. The molecule has 228 valence electrons. The van der Waals surface area contributed by atoms with Crippen molar-refractivity contribution < 1.29 is 45.8 Å². The van der Waals surface area contributed by atoms with Crippen molar-refractivity contribution in [3.63, 3.8) is 0 Å². The van der Waals surface area contributed by atoms with Gasteiger partial charge in [0.15, 0.2) is 0 Å². The Balaban J connectivity index is 2.07. The highest BCUT2D eigenvalue weighted by Gasteiger charge is 2.31. The van der Waals surface area contributed by atoms with Crippen molar-refractivity contribution >= 4 is 29.6 Å². The van der Waals surface area contributed by atoms with Gasteiger partial charge in [0.2, 0.25) is 23.6 Å². The molecule has 2 rings (SSSR count). The number of amides is 4. The van der Waals surface area contributed by atoms with Crippen LogP contribution >= 0.6 is 0 Å². The fraction of sp³-hybridized carbons (Fsp3) is 0.393. The van der Waals surface area contributed by atoms with Crippen LogP contribution in [0.1, 0.15) is 11.1 Å². The molecule has 42 heavy (non-hydrogen) atoms. The average molecular weight is 589 g/mol. The Morgan fingerprint density at radius 2 is 1.38 bits per heavy atom. The van der Waals surface area contributed by atoms with Gasteiger partial charge < -0.3 is 46.6 Å². The zero-order chi connectivity index (χ0) is 32.1. The first-order valence-electron chi connectivity index (χ1n) is 13.4. The third-order valence-electron chi connectivity index (χ3n) is 6.44. The molecule has 0 fully saturated rings. The molecule has 2 aromatic rings. The Bertz CT molecular complexity index is 1250. The van der Waals surface area contributed by atoms with E-state index in [1.165, 1.54) is 26.2 Å². The summed E-state index contributed by atoms with van der Waals surface area (Å²) in [5, 5.41) is 45.5. The van der Waals surface area contributed by atoms with Gasteiger partial charge in [-0.05, 0) is 36.7 Å². The summed E-state index contributed by atoms with van der Waals surface area (Å²) in [6.45, 7) is -2.31. The number of hydrogen-bond acceptors (Lipinski definition) is 9. The molecule has 0 spiro atoms. The van der Waals surface area contributed by atoms with Crippen LogP contribution in [0.4, 0.5) is 0 Å². The SMILES string of the molecule is [2H]N(C)[C@@H](Cc1ccc(O)cc1)C(=O)N[C@@H](CO)C(=O)NCC(=O)N(C)[C@@H](Cc1ccccc1)C(=O)N[C@H](CO)C(=O)O. The van der Waals surface area contributed by atoms with E-state index in [0.717, 1.165) is 10.2 Å². The van der Waals surface area contributed by atoms with Gasteiger partial charge in [-0.3, -0.25) is 19.2 Å². The van der Waals surface area contributed by atoms with Crippen molar-refractivity contribution in [2.75, 3.05) is 33.9 Å². The van der Waals surface area contributed by atoms with Crippen molar-refractivity contribution in [1.82, 2.24) is 26.2 Å². The highest BCUT2D eigenvalue weighted by Crippen LogP contribution is 2.12. The van der Waals surface area contributed by atoms with E-state index >= 15 is 0 Å². The van der Waals surface area contributed by atoms with Gasteiger partial charge in [-0.2, -0.15) is 0 Å². The molecule has 0 saturated heterocycles. The molecule has 4 amide bonds. The second kappa shape index (κ2) is 16.7. The number of carbonyl (C=O) groups is 5. The Morgan fingerprint density at radius 1 is 0.810 bits per heavy atom. The first-order valence-corrected chi connectivity index (χ1v) is 13.0. The van der Waals surface area contributed by atoms with Crippen LogP contribution in [0.15, 0.2) is 54.6 Å². The smallest absolute Gasteiger partial charge is 0.328 e. The fourth-order valence-electron chi connectivity index (χ4n) is 3.90. The van der Waals surface area contributed by atoms with Gasteiger partial charge in [0.25, 0.3) is 0 Å². The molecule has 8 N–H and O–H groups in total. The van der Waals surface area contributed by atoms with Gasteiger partial charge >= 0.3 is 5.97 Å². The molecular formula is C28H37N5O9. The highest BCUT2D eigenvalue weighted by atomic mass is 16.4. The molecule has 0 aliphatic rings. The number of carboxylic acid groups (broad SMARTS) is 1. The van der Waals surface area contributed by atoms with Gasteiger partial charge in [0.05, 0.1) is 25.8 Å². The number of nitrogens with one attached hydrogen (secondary N) is 4. The number of phenols is 1. The number of benzene rings is 2. The summed E-state index contributed by atoms with van der Waals surface area (Å²) in [5.74, 6) is -4.65. The maximum Gasteiger partial charge on any atom is 0.328 e. The van der Waals surface area contributed by atoms with Crippen LogP contribution in [0, 0.1) is 0 Å². The molecule has 2 aromatic carbocycles. The monoisotopic (exact) mass is 588 g/mol. The Labute approximate surface area is 244 Å². The standard InChI is InChI=1S/C28H37N5O9/c1-29-20(12-18-8-10-19(36)11-9-18)26(39)31-21(15-34)25(38)30-14-24(37)33(2)23(13-17-6-4-3-5-7-17)27(40)32-22(16-35)28(41)42/h3-11,20-23,29,34-36H,12-16H2,1-2H3,(H,30,38)(H,31,39)(H,32,40)(H,41,42)/t20-,21-,22+,23-/m0/s1/i/hD. The predicted octanol–water partition coefficient (Wildman–Crippen LogP) is -2.25. The summed E-state index contributed by atoms with van der Waals surface area (Å²) in [6.07, 6.45) is 0.0675. The van der Waals surface area contributed by atoms with Crippen molar-refractivity contribution in [2.45, 2.75) is 37.0 Å². The lowest BCUT2D eigenvalue weighted by atomic mass is 10.0. The van der Waals surface area contributed by atoms with E-state index in [1.54, 1.807) is 42.5 Å². The van der Waals surface area contributed by atoms with Crippen LogP contribution in [0.3, 0.4) is 0 Å². The van der Waals surface area contributed by atoms with E-state index in [4.69, 9.17) is 1.41 Å². The summed E-state index contributed by atoms with van der Waals surface area (Å²) < 4.78 is 7.91. The maximum absolute atomic E-state index is 13.0. The lowest BCUT2D eigenvalue weighted by Gasteiger charge is -2.29. The number of aromatic hydroxyl groups is 1. The van der Waals surface area contributed by atoms with Crippen molar-refractivity contribution in [3.8, 4) is 5.75 Å². The van der Waals surface area contributed by atoms with E-state index in [-0.39, 0.29) is 18.6 Å². The maximum atomic E-state index is 13.0. The van der Waals surface area contributed by atoms with Gasteiger partial charge in [0.1, 0.15) is 25.3 Å². The van der Waals surface area contributed by atoms with Crippen molar-refractivity contribution in [2.24, 2.45) is 0 Å². The highest BCUT2D eigenvalue weighted by molar-refractivity contribution is 5.94. The molecule has 0 saturated carbocycles. The van der Waals surface area contributed by atoms with Gasteiger partial charge in [-0.1, -0.05) is 42.5 Å². The zero-order valence-electron chi connectivity index (χ0n) is 24.3. The van der Waals surface area contributed by atoms with Crippen molar-refractivity contribution in [1.29, 1.82) is 0 Å². The molecule has 0 heterocycles. The van der Waals surface area contributed by atoms with Gasteiger partial charge in [-0.25, -0.2) is 4.79 Å². The first-order chi connectivity index (χ1) is 20.4. The largest absolute Gasteiger partial charge is 0.508 e. The van der Waals surface area contributed by atoms with Gasteiger partial charge in [-0.15, -0.1) is 0 Å². The molecule has 14 nitrogen and oxygen atoms in total. The number of carbonyl (C=O) groups excluding carboxylic acids is 4. The van der Waals surface area contributed by atoms with E-state index in [9.17, 15) is 44.4 Å². The molecule has 0 bridgehead atoms. The number of aliphatic carboxylic acids is 1. The first kappa shape index (κ1) is 32.0. The molecule has 0 radical (unpaired) electrons. The fourth-order valence-corrected chi connectivity index (χ4v) is 3.90. The minimum atomic E-state index is -1.59. The number of aliphatic hydroxyl groups is 2. The number of likely N-dealkylation sites (N-methyl/N-ethyl adjacent to an activating group) is 2. The van der Waals surface area contributed by atoms with Crippen LogP contribution in [0.25, 0.3) is 0 Å². The van der Waals surface area contributed by atoms with E-state index in [0.29, 0.717) is 11.1 Å². The topological polar surface area (TPSA) is 218 Å². The van der Waals surface area contributed by atoms with Crippen LogP contribution in [0.5, 0.6) is 5.75 Å². The second-order valence-corrected chi connectivity index (χ2v) is 9.40. The summed E-state index contributed by atoms with van der Waals surface area (Å²) in [7, 11) is 2.63. The number of rotatable bonds is 16. The van der Waals surface area contributed by atoms with Crippen LogP contribution in [-0.2, 0) is 36.8 Å². The van der Waals surface area contributed by atoms with Crippen LogP contribution in [0.2, 0.25) is 1.41 Å². The third-order valence-corrected chi connectivity index (χ3v) is 6.44. The minimum Gasteiger partial charge on any atom is -0.508 e. The normalized spacial score (nSPS) is 14.1. The van der Waals surface area contributed by atoms with E-state index in [2.05, 4.69) is 16.0 Å². The number of hydrogen-bond donors (Lipinski definition) is 8.